The van der Waals surface area contributed by atoms with E-state index in [9.17, 15) is 9.59 Å². The Morgan fingerprint density at radius 2 is 1.56 bits per heavy atom. The highest BCUT2D eigenvalue weighted by molar-refractivity contribution is 5.88. The Hall–Kier alpha value is -3.34. The number of hydrogen-bond acceptors (Lipinski definition) is 4. The Kier molecular flexibility index (Phi) is 3.82. The Labute approximate surface area is 142 Å². The molecule has 0 bridgehead atoms. The molecule has 0 fully saturated rings. The van der Waals surface area contributed by atoms with Crippen molar-refractivity contribution in [1.82, 2.24) is 4.57 Å². The lowest BCUT2D eigenvalue weighted by Crippen LogP contribution is -2.27. The molecule has 5 nitrogen and oxygen atoms in total. The van der Waals surface area contributed by atoms with Crippen LogP contribution in [-0.2, 0) is 6.54 Å². The largest absolute Gasteiger partial charge is 0.491 e. The van der Waals surface area contributed by atoms with E-state index in [1.54, 1.807) is 24.3 Å². The summed E-state index contributed by atoms with van der Waals surface area (Å²) >= 11 is 0. The van der Waals surface area contributed by atoms with Gasteiger partial charge in [-0.3, -0.25) is 4.57 Å². The van der Waals surface area contributed by atoms with Gasteiger partial charge in [0.15, 0.2) is 0 Å². The number of aromatic nitrogens is 1. The van der Waals surface area contributed by atoms with Crippen LogP contribution in [0.15, 0.2) is 80.7 Å². The number of hydrogen-bond donors (Lipinski definition) is 0. The van der Waals surface area contributed by atoms with E-state index in [4.69, 9.17) is 9.15 Å². The first-order valence-electron chi connectivity index (χ1n) is 7.97. The van der Waals surface area contributed by atoms with Gasteiger partial charge in [-0.1, -0.05) is 48.5 Å². The van der Waals surface area contributed by atoms with Crippen LogP contribution in [0.4, 0.5) is 0 Å². The highest BCUT2D eigenvalue weighted by Gasteiger charge is 2.09. The summed E-state index contributed by atoms with van der Waals surface area (Å²) in [6, 6.07) is 20.7. The molecule has 0 aliphatic heterocycles. The second-order valence-electron chi connectivity index (χ2n) is 5.65. The predicted octanol–water partition coefficient (Wildman–Crippen LogP) is 3.19. The quantitative estimate of drug-likeness (QED) is 0.575. The van der Waals surface area contributed by atoms with E-state index in [0.29, 0.717) is 10.9 Å². The zero-order valence-electron chi connectivity index (χ0n) is 13.3. The number of benzene rings is 3. The standard InChI is InChI=1S/C20H15NO4/c22-19-16-9-3-4-10-17(16)21(20(23)25-19)12-13-24-18-11-5-7-14-6-1-2-8-15(14)18/h1-11H,12-13H2. The van der Waals surface area contributed by atoms with Crippen LogP contribution in [0.3, 0.4) is 0 Å². The molecule has 25 heavy (non-hydrogen) atoms. The van der Waals surface area contributed by atoms with Crippen molar-refractivity contribution in [2.45, 2.75) is 6.54 Å². The molecule has 0 radical (unpaired) electrons. The fourth-order valence-electron chi connectivity index (χ4n) is 2.95. The molecule has 0 atom stereocenters. The zero-order valence-corrected chi connectivity index (χ0v) is 13.3. The molecule has 1 aromatic heterocycles. The molecule has 0 spiro atoms. The van der Waals surface area contributed by atoms with Crippen molar-refractivity contribution in [1.29, 1.82) is 0 Å². The fourth-order valence-corrected chi connectivity index (χ4v) is 2.95. The van der Waals surface area contributed by atoms with E-state index in [1.807, 2.05) is 42.5 Å². The van der Waals surface area contributed by atoms with E-state index in [0.717, 1.165) is 16.5 Å². The van der Waals surface area contributed by atoms with Gasteiger partial charge in [0.25, 0.3) is 0 Å². The summed E-state index contributed by atoms with van der Waals surface area (Å²) in [6.45, 7) is 0.567. The van der Waals surface area contributed by atoms with Gasteiger partial charge < -0.3 is 9.15 Å². The average molecular weight is 333 g/mol. The molecule has 124 valence electrons. The van der Waals surface area contributed by atoms with E-state index < -0.39 is 11.4 Å². The van der Waals surface area contributed by atoms with Crippen LogP contribution >= 0.6 is 0 Å². The molecule has 0 amide bonds. The van der Waals surface area contributed by atoms with Crippen LogP contribution in [0.2, 0.25) is 0 Å². The maximum atomic E-state index is 12.0. The molecule has 5 heteroatoms. The maximum absolute atomic E-state index is 12.0. The third-order valence-corrected chi connectivity index (χ3v) is 4.14. The Balaban J connectivity index is 1.63. The zero-order chi connectivity index (χ0) is 17.2. The summed E-state index contributed by atoms with van der Waals surface area (Å²) in [5.41, 5.74) is -0.0721. The normalized spacial score (nSPS) is 11.0. The Morgan fingerprint density at radius 3 is 2.44 bits per heavy atom. The second kappa shape index (κ2) is 6.28. The minimum absolute atomic E-state index is 0.283. The molecule has 1 heterocycles. The van der Waals surface area contributed by atoms with Gasteiger partial charge in [-0.15, -0.1) is 0 Å². The maximum Gasteiger partial charge on any atom is 0.422 e. The molecule has 0 aliphatic rings. The second-order valence-corrected chi connectivity index (χ2v) is 5.65. The van der Waals surface area contributed by atoms with Gasteiger partial charge >= 0.3 is 11.4 Å². The van der Waals surface area contributed by atoms with Gasteiger partial charge in [0, 0.05) is 5.39 Å². The Morgan fingerprint density at radius 1 is 0.840 bits per heavy atom. The Bertz CT molecular complexity index is 1170. The highest BCUT2D eigenvalue weighted by Crippen LogP contribution is 2.25. The van der Waals surface area contributed by atoms with Gasteiger partial charge in [-0.2, -0.15) is 0 Å². The van der Waals surface area contributed by atoms with Gasteiger partial charge in [-0.05, 0) is 23.6 Å². The molecule has 0 saturated carbocycles. The first-order valence-corrected chi connectivity index (χ1v) is 7.97. The van der Waals surface area contributed by atoms with Crippen LogP contribution in [0.25, 0.3) is 21.7 Å². The highest BCUT2D eigenvalue weighted by atomic mass is 16.5. The smallest absolute Gasteiger partial charge is 0.422 e. The third-order valence-electron chi connectivity index (χ3n) is 4.14. The predicted molar refractivity (Wildman–Crippen MR) is 96.2 cm³/mol. The van der Waals surface area contributed by atoms with Crippen molar-refractivity contribution >= 4 is 21.7 Å². The molecule has 0 N–H and O–H groups in total. The molecule has 3 aromatic carbocycles. The van der Waals surface area contributed by atoms with Crippen LogP contribution in [0.5, 0.6) is 5.75 Å². The summed E-state index contributed by atoms with van der Waals surface area (Å²) in [5.74, 6) is 0.0815. The molecule has 0 aliphatic carbocycles. The minimum Gasteiger partial charge on any atom is -0.491 e. The van der Waals surface area contributed by atoms with Crippen molar-refractivity contribution in [2.24, 2.45) is 0 Å². The van der Waals surface area contributed by atoms with Crippen LogP contribution in [0.1, 0.15) is 0 Å². The number of rotatable bonds is 4. The number of para-hydroxylation sites is 1. The van der Waals surface area contributed by atoms with Crippen molar-refractivity contribution in [2.75, 3.05) is 6.61 Å². The average Bonchev–Trinajstić information content (AvgIpc) is 2.64. The fraction of sp³-hybridized carbons (Fsp3) is 0.100. The molecule has 0 saturated heterocycles. The molecule has 4 aromatic rings. The van der Waals surface area contributed by atoms with Crippen molar-refractivity contribution < 1.29 is 9.15 Å². The van der Waals surface area contributed by atoms with Crippen LogP contribution in [0, 0.1) is 0 Å². The lowest BCUT2D eigenvalue weighted by molar-refractivity contribution is 0.290. The lowest BCUT2D eigenvalue weighted by atomic mass is 10.1. The first kappa shape index (κ1) is 15.2. The van der Waals surface area contributed by atoms with Gasteiger partial charge in [0.05, 0.1) is 17.4 Å². The van der Waals surface area contributed by atoms with Crippen molar-refractivity contribution in [3.05, 3.63) is 87.7 Å². The van der Waals surface area contributed by atoms with Crippen molar-refractivity contribution in [3.8, 4) is 5.75 Å². The van der Waals surface area contributed by atoms with Crippen LogP contribution < -0.4 is 16.1 Å². The summed E-state index contributed by atoms with van der Waals surface area (Å²) in [5, 5.41) is 2.49. The summed E-state index contributed by atoms with van der Waals surface area (Å²) in [7, 11) is 0. The summed E-state index contributed by atoms with van der Waals surface area (Å²) in [6.07, 6.45) is 0. The number of fused-ring (bicyclic) bond motifs is 2. The third kappa shape index (κ3) is 2.80. The number of ether oxygens (including phenoxy) is 1. The minimum atomic E-state index is -0.676. The van der Waals surface area contributed by atoms with E-state index in [2.05, 4.69) is 0 Å². The number of nitrogens with zero attached hydrogens (tertiary/aromatic N) is 1. The topological polar surface area (TPSA) is 61.4 Å². The monoisotopic (exact) mass is 333 g/mol. The first-order chi connectivity index (χ1) is 12.2. The van der Waals surface area contributed by atoms with Crippen molar-refractivity contribution in [3.63, 3.8) is 0 Å². The van der Waals surface area contributed by atoms with Gasteiger partial charge in [-0.25, -0.2) is 9.59 Å². The van der Waals surface area contributed by atoms with Gasteiger partial charge in [0.1, 0.15) is 12.4 Å². The van der Waals surface area contributed by atoms with Crippen LogP contribution in [-0.4, -0.2) is 11.2 Å². The van der Waals surface area contributed by atoms with E-state index >= 15 is 0 Å². The van der Waals surface area contributed by atoms with E-state index in [-0.39, 0.29) is 13.2 Å². The SMILES string of the molecule is O=c1oc(=O)n(CCOc2cccc3ccccc23)c2ccccc12. The summed E-state index contributed by atoms with van der Waals surface area (Å²) < 4.78 is 12.1. The molecular formula is C20H15NO4. The van der Waals surface area contributed by atoms with Gasteiger partial charge in [0.2, 0.25) is 0 Å². The molecule has 4 rings (SSSR count). The molecular weight excluding hydrogens is 318 g/mol. The lowest BCUT2D eigenvalue weighted by Gasteiger charge is -2.11. The van der Waals surface area contributed by atoms with E-state index in [1.165, 1.54) is 4.57 Å². The summed E-state index contributed by atoms with van der Waals surface area (Å²) in [4.78, 5) is 23.8. The molecule has 0 unspecified atom stereocenters.